The number of likely N-dealkylation sites (N-methyl/N-ethyl adjacent to an activating group) is 1. The summed E-state index contributed by atoms with van der Waals surface area (Å²) in [5.74, 6) is 1.16. The van der Waals surface area contributed by atoms with Crippen LogP contribution in [-0.2, 0) is 12.0 Å². The molecule has 3 aromatic rings. The molecule has 1 saturated carbocycles. The minimum atomic E-state index is -0.812. The van der Waals surface area contributed by atoms with Crippen molar-refractivity contribution in [2.24, 2.45) is 0 Å². The van der Waals surface area contributed by atoms with Crippen molar-refractivity contribution in [3.8, 4) is 11.5 Å². The summed E-state index contributed by atoms with van der Waals surface area (Å²) in [5.41, 5.74) is 3.31. The standard InChI is InChI=1S/C32H36BrN3O4/c1-36-29(30(37)21-35-32(11-12-32)24-8-6-9-25(33)19-24)16-22-7-5-10-27(15-22)40-14-4-3-13-34-26-17-23(31(36)38)18-28(20-26)39-2/h3-10,15,17-20,29-30,34-35,37H,11-14,16,21H2,1-2H3/b4-3-/t29-,30+/m0/s1. The second kappa shape index (κ2) is 12.5. The van der Waals surface area contributed by atoms with E-state index in [1.54, 1.807) is 25.1 Å². The van der Waals surface area contributed by atoms with Gasteiger partial charge in [0.2, 0.25) is 0 Å². The summed E-state index contributed by atoms with van der Waals surface area (Å²) in [7, 11) is 3.35. The van der Waals surface area contributed by atoms with Crippen molar-refractivity contribution < 1.29 is 19.4 Å². The number of anilines is 1. The molecule has 1 aliphatic carbocycles. The molecule has 2 atom stereocenters. The summed E-state index contributed by atoms with van der Waals surface area (Å²) in [6, 6.07) is 21.1. The van der Waals surface area contributed by atoms with Crippen molar-refractivity contribution in [2.75, 3.05) is 39.2 Å². The number of ether oxygens (including phenoxy) is 2. The SMILES string of the molecule is COc1cc2cc(c1)C(=O)N(C)[C@H]([C@H](O)CNC1(c3cccc(Br)c3)CC1)Cc1cccc(c1)OC/C=C\CN2. The quantitative estimate of drug-likeness (QED) is 0.337. The van der Waals surface area contributed by atoms with Crippen LogP contribution >= 0.6 is 15.9 Å². The molecule has 0 unspecified atom stereocenters. The first-order valence-electron chi connectivity index (χ1n) is 13.6. The fourth-order valence-corrected chi connectivity index (χ4v) is 5.62. The van der Waals surface area contributed by atoms with Gasteiger partial charge in [-0.3, -0.25) is 4.79 Å². The van der Waals surface area contributed by atoms with Gasteiger partial charge < -0.3 is 30.1 Å². The Hall–Kier alpha value is -3.33. The zero-order valence-corrected chi connectivity index (χ0v) is 24.5. The average molecular weight is 607 g/mol. The number of hydrogen-bond acceptors (Lipinski definition) is 6. The Morgan fingerprint density at radius 3 is 2.75 bits per heavy atom. The van der Waals surface area contributed by atoms with Crippen molar-refractivity contribution in [3.05, 3.63) is 100 Å². The van der Waals surface area contributed by atoms with E-state index in [9.17, 15) is 9.90 Å². The number of nitrogens with one attached hydrogen (secondary N) is 2. The molecule has 2 aliphatic rings. The number of benzene rings is 3. The van der Waals surface area contributed by atoms with Gasteiger partial charge in [-0.25, -0.2) is 0 Å². The Labute approximate surface area is 244 Å². The van der Waals surface area contributed by atoms with Crippen LogP contribution in [0.1, 0.15) is 34.3 Å². The predicted octanol–water partition coefficient (Wildman–Crippen LogP) is 5.14. The van der Waals surface area contributed by atoms with Crippen LogP contribution in [0.3, 0.4) is 0 Å². The topological polar surface area (TPSA) is 83.1 Å². The lowest BCUT2D eigenvalue weighted by atomic mass is 9.97. The van der Waals surface area contributed by atoms with Gasteiger partial charge in [0.05, 0.1) is 19.3 Å². The largest absolute Gasteiger partial charge is 0.497 e. The van der Waals surface area contributed by atoms with E-state index in [-0.39, 0.29) is 11.4 Å². The Bertz CT molecular complexity index is 1370. The molecule has 5 rings (SSSR count). The van der Waals surface area contributed by atoms with Crippen molar-refractivity contribution >= 4 is 27.5 Å². The molecular formula is C32H36BrN3O4. The highest BCUT2D eigenvalue weighted by Gasteiger charge is 2.44. The molecule has 1 heterocycles. The van der Waals surface area contributed by atoms with E-state index in [0.717, 1.165) is 34.3 Å². The summed E-state index contributed by atoms with van der Waals surface area (Å²) < 4.78 is 12.5. The van der Waals surface area contributed by atoms with Gasteiger partial charge in [0.15, 0.2) is 0 Å². The van der Waals surface area contributed by atoms with E-state index in [1.807, 2.05) is 60.7 Å². The van der Waals surface area contributed by atoms with Crippen LogP contribution in [0.15, 0.2) is 83.4 Å². The number of nitrogens with zero attached hydrogens (tertiary/aromatic N) is 1. The summed E-state index contributed by atoms with van der Waals surface area (Å²) >= 11 is 3.58. The van der Waals surface area contributed by atoms with Gasteiger partial charge >= 0.3 is 0 Å². The fraction of sp³-hybridized carbons (Fsp3) is 0.344. The second-order valence-corrected chi connectivity index (χ2v) is 11.4. The van der Waals surface area contributed by atoms with Crippen molar-refractivity contribution in [1.29, 1.82) is 0 Å². The zero-order valence-electron chi connectivity index (χ0n) is 22.9. The Morgan fingerprint density at radius 1 is 1.15 bits per heavy atom. The van der Waals surface area contributed by atoms with Gasteiger partial charge in [-0.1, -0.05) is 46.3 Å². The summed E-state index contributed by atoms with van der Waals surface area (Å²) in [6.45, 7) is 1.37. The van der Waals surface area contributed by atoms with E-state index in [1.165, 1.54) is 5.56 Å². The van der Waals surface area contributed by atoms with Crippen LogP contribution in [0.4, 0.5) is 5.69 Å². The molecule has 4 bridgehead atoms. The Morgan fingerprint density at radius 2 is 1.98 bits per heavy atom. The molecule has 3 N–H and O–H groups in total. The van der Waals surface area contributed by atoms with E-state index >= 15 is 0 Å². The first kappa shape index (κ1) is 28.2. The molecule has 210 valence electrons. The number of fused-ring (bicyclic) bond motifs is 4. The predicted molar refractivity (Wildman–Crippen MR) is 161 cm³/mol. The van der Waals surface area contributed by atoms with Gasteiger partial charge in [0.25, 0.3) is 5.91 Å². The number of halogens is 1. The third-order valence-corrected chi connectivity index (χ3v) is 8.20. The molecule has 1 amide bonds. The lowest BCUT2D eigenvalue weighted by Crippen LogP contribution is -2.51. The van der Waals surface area contributed by atoms with Gasteiger partial charge in [0, 0.05) is 47.5 Å². The molecule has 8 heteroatoms. The molecule has 0 radical (unpaired) electrons. The number of methoxy groups -OCH3 is 1. The van der Waals surface area contributed by atoms with Crippen LogP contribution in [0.2, 0.25) is 0 Å². The molecule has 0 aromatic heterocycles. The number of rotatable bonds is 6. The maximum Gasteiger partial charge on any atom is 0.254 e. The molecule has 40 heavy (non-hydrogen) atoms. The number of aliphatic hydroxyl groups excluding tert-OH is 1. The molecule has 1 fully saturated rings. The highest BCUT2D eigenvalue weighted by molar-refractivity contribution is 9.10. The Kier molecular flexibility index (Phi) is 8.78. The average Bonchev–Trinajstić information content (AvgIpc) is 3.76. The lowest BCUT2D eigenvalue weighted by molar-refractivity contribution is 0.0429. The van der Waals surface area contributed by atoms with Crippen LogP contribution in [0.5, 0.6) is 11.5 Å². The lowest BCUT2D eigenvalue weighted by Gasteiger charge is -2.34. The summed E-state index contributed by atoms with van der Waals surface area (Å²) in [5, 5.41) is 18.6. The van der Waals surface area contributed by atoms with Crippen molar-refractivity contribution in [3.63, 3.8) is 0 Å². The van der Waals surface area contributed by atoms with E-state index < -0.39 is 12.1 Å². The van der Waals surface area contributed by atoms with Gasteiger partial charge in [0.1, 0.15) is 18.1 Å². The van der Waals surface area contributed by atoms with Gasteiger partial charge in [-0.2, -0.15) is 0 Å². The number of hydrogen-bond donors (Lipinski definition) is 3. The van der Waals surface area contributed by atoms with E-state index in [0.29, 0.717) is 37.4 Å². The number of carbonyl (C=O) groups excluding carboxylic acids is 1. The first-order valence-corrected chi connectivity index (χ1v) is 14.4. The normalized spacial score (nSPS) is 20.1. The van der Waals surface area contributed by atoms with Gasteiger partial charge in [-0.05, 0) is 72.9 Å². The molecule has 7 nitrogen and oxygen atoms in total. The van der Waals surface area contributed by atoms with E-state index in [2.05, 4.69) is 38.7 Å². The third-order valence-electron chi connectivity index (χ3n) is 7.71. The van der Waals surface area contributed by atoms with Gasteiger partial charge in [-0.15, -0.1) is 0 Å². The van der Waals surface area contributed by atoms with Crippen LogP contribution in [0.25, 0.3) is 0 Å². The second-order valence-electron chi connectivity index (χ2n) is 10.5. The smallest absolute Gasteiger partial charge is 0.254 e. The van der Waals surface area contributed by atoms with Crippen LogP contribution in [0, 0.1) is 0 Å². The molecule has 3 aromatic carbocycles. The van der Waals surface area contributed by atoms with Crippen molar-refractivity contribution in [1.82, 2.24) is 10.2 Å². The monoisotopic (exact) mass is 605 g/mol. The zero-order chi connectivity index (χ0) is 28.1. The van der Waals surface area contributed by atoms with Crippen LogP contribution in [-0.4, -0.2) is 61.9 Å². The minimum absolute atomic E-state index is 0.152. The fourth-order valence-electron chi connectivity index (χ4n) is 5.22. The number of amides is 1. The molecule has 0 spiro atoms. The number of carbonyl (C=O) groups is 1. The highest BCUT2D eigenvalue weighted by Crippen LogP contribution is 2.46. The molecule has 1 aliphatic heterocycles. The molecular weight excluding hydrogens is 570 g/mol. The minimum Gasteiger partial charge on any atom is -0.497 e. The maximum absolute atomic E-state index is 13.8. The third kappa shape index (κ3) is 6.69. The molecule has 0 saturated heterocycles. The highest BCUT2D eigenvalue weighted by atomic mass is 79.9. The Balaban J connectivity index is 1.43. The maximum atomic E-state index is 13.8. The van der Waals surface area contributed by atoms with Crippen molar-refractivity contribution in [2.45, 2.75) is 36.9 Å². The van der Waals surface area contributed by atoms with E-state index in [4.69, 9.17) is 9.47 Å². The number of aliphatic hydroxyl groups is 1. The summed E-state index contributed by atoms with van der Waals surface area (Å²) in [4.78, 5) is 15.5. The first-order chi connectivity index (χ1) is 19.4. The van der Waals surface area contributed by atoms with Crippen LogP contribution < -0.4 is 20.1 Å². The summed E-state index contributed by atoms with van der Waals surface area (Å²) in [6.07, 6.45) is 5.61.